The highest BCUT2D eigenvalue weighted by Gasteiger charge is 2.32. The Morgan fingerprint density at radius 1 is 1.11 bits per heavy atom. The molecule has 1 aliphatic carbocycles. The number of aromatic nitrogens is 1. The molecule has 1 aliphatic heterocycles. The Kier molecular flexibility index (Phi) is 5.46. The van der Waals surface area contributed by atoms with Crippen LogP contribution in [0.15, 0.2) is 86.6 Å². The van der Waals surface area contributed by atoms with Crippen molar-refractivity contribution >= 4 is 39.0 Å². The van der Waals surface area contributed by atoms with Crippen molar-refractivity contribution in [2.75, 3.05) is 7.11 Å². The smallest absolute Gasteiger partial charge is 0.271 e. The summed E-state index contributed by atoms with van der Waals surface area (Å²) in [5.41, 5.74) is 6.36. The van der Waals surface area contributed by atoms with Gasteiger partial charge in [0.1, 0.15) is 0 Å². The number of allylic oxidation sites excluding steroid dienone is 1. The predicted octanol–water partition coefficient (Wildman–Crippen LogP) is 4.80. The average molecular weight is 545 g/mol. The minimum atomic E-state index is -0.198. The number of hydrogen-bond donors (Lipinski definition) is 1. The summed E-state index contributed by atoms with van der Waals surface area (Å²) in [5.74, 6) is 0.384. The van der Waals surface area contributed by atoms with E-state index in [4.69, 9.17) is 9.73 Å². The number of phenols is 1. The minimum absolute atomic E-state index is 0.0356. The van der Waals surface area contributed by atoms with Gasteiger partial charge >= 0.3 is 0 Å². The molecule has 0 bridgehead atoms. The van der Waals surface area contributed by atoms with Crippen LogP contribution < -0.4 is 19.6 Å². The van der Waals surface area contributed by atoms with Gasteiger partial charge in [-0.3, -0.25) is 9.36 Å². The van der Waals surface area contributed by atoms with E-state index in [9.17, 15) is 9.90 Å². The van der Waals surface area contributed by atoms with Crippen molar-refractivity contribution in [2.45, 2.75) is 18.9 Å². The number of ether oxygens (including phenoxy) is 1. The van der Waals surface area contributed by atoms with Crippen molar-refractivity contribution in [1.82, 2.24) is 4.57 Å². The zero-order chi connectivity index (χ0) is 24.1. The van der Waals surface area contributed by atoms with Crippen LogP contribution in [0.5, 0.6) is 11.5 Å². The summed E-state index contributed by atoms with van der Waals surface area (Å²) in [4.78, 5) is 19.5. The quantitative estimate of drug-likeness (QED) is 0.403. The molecule has 174 valence electrons. The number of halogens is 1. The number of thiazole rings is 1. The highest BCUT2D eigenvalue weighted by molar-refractivity contribution is 9.10. The van der Waals surface area contributed by atoms with Gasteiger partial charge in [0.15, 0.2) is 16.3 Å². The van der Waals surface area contributed by atoms with Gasteiger partial charge in [0.2, 0.25) is 0 Å². The zero-order valence-corrected chi connectivity index (χ0v) is 21.3. The molecule has 2 heterocycles. The van der Waals surface area contributed by atoms with Crippen LogP contribution in [0.1, 0.15) is 34.7 Å². The van der Waals surface area contributed by atoms with Crippen LogP contribution in [0.4, 0.5) is 0 Å². The fourth-order valence-corrected chi connectivity index (χ4v) is 6.37. The molecule has 0 saturated carbocycles. The number of aromatic hydroxyl groups is 1. The summed E-state index contributed by atoms with van der Waals surface area (Å²) in [6.07, 6.45) is 3.62. The van der Waals surface area contributed by atoms with Gasteiger partial charge in [-0.15, -0.1) is 0 Å². The number of methoxy groups -OCH3 is 1. The number of phenolic OH excluding ortho intramolecular Hbond substituents is 1. The van der Waals surface area contributed by atoms with E-state index in [0.717, 1.165) is 35.2 Å². The first-order valence-electron chi connectivity index (χ1n) is 11.3. The maximum atomic E-state index is 13.8. The van der Waals surface area contributed by atoms with Gasteiger partial charge in [-0.25, -0.2) is 4.99 Å². The minimum Gasteiger partial charge on any atom is -0.504 e. The van der Waals surface area contributed by atoms with Gasteiger partial charge in [0.05, 0.1) is 23.4 Å². The van der Waals surface area contributed by atoms with Crippen molar-refractivity contribution < 1.29 is 9.84 Å². The summed E-state index contributed by atoms with van der Waals surface area (Å²) >= 11 is 4.88. The van der Waals surface area contributed by atoms with Gasteiger partial charge in [0.25, 0.3) is 5.56 Å². The third-order valence-corrected chi connectivity index (χ3v) is 8.24. The van der Waals surface area contributed by atoms with E-state index in [1.54, 1.807) is 12.1 Å². The molecule has 1 N–H and O–H groups in total. The summed E-state index contributed by atoms with van der Waals surface area (Å²) in [5, 5.41) is 10.1. The lowest BCUT2D eigenvalue weighted by Gasteiger charge is -2.30. The first kappa shape index (κ1) is 22.1. The van der Waals surface area contributed by atoms with Gasteiger partial charge in [-0.1, -0.05) is 81.9 Å². The number of fused-ring (bicyclic) bond motifs is 3. The molecule has 6 rings (SSSR count). The Morgan fingerprint density at radius 2 is 1.89 bits per heavy atom. The average Bonchev–Trinajstić information content (AvgIpc) is 3.19. The first-order chi connectivity index (χ1) is 17.0. The molecule has 2 aliphatic rings. The topological polar surface area (TPSA) is 63.8 Å². The first-order valence-corrected chi connectivity index (χ1v) is 12.9. The molecule has 0 radical (unpaired) electrons. The SMILES string of the molecule is COc1cc(C=c2sc3n(c2=O)C(c2ccccc2)C2=C(N=3)c3ccccc3CC2)c(Br)cc1O. The Bertz CT molecular complexity index is 1690. The Morgan fingerprint density at radius 3 is 2.69 bits per heavy atom. The standard InChI is InChI=1S/C28H21BrN2O3S/c1-34-23-13-18(21(29)15-22(23)32)14-24-27(33)31-26(17-8-3-2-4-9-17)20-12-11-16-7-5-6-10-19(16)25(20)30-28(31)35-24/h2-10,13-15,26,32H,11-12H2,1H3. The molecule has 5 nitrogen and oxygen atoms in total. The van der Waals surface area contributed by atoms with Gasteiger partial charge in [0, 0.05) is 10.0 Å². The third kappa shape index (κ3) is 3.66. The summed E-state index contributed by atoms with van der Waals surface area (Å²) in [7, 11) is 1.50. The van der Waals surface area contributed by atoms with Gasteiger partial charge in [-0.05, 0) is 53.3 Å². The van der Waals surface area contributed by atoms with Gasteiger partial charge < -0.3 is 9.84 Å². The maximum absolute atomic E-state index is 13.8. The molecule has 1 aromatic heterocycles. The number of rotatable bonds is 3. The molecule has 3 aromatic carbocycles. The Balaban J connectivity index is 1.62. The van der Waals surface area contributed by atoms with E-state index < -0.39 is 0 Å². The molecular weight excluding hydrogens is 524 g/mol. The summed E-state index contributed by atoms with van der Waals surface area (Å²) in [6, 6.07) is 21.7. The fraction of sp³-hybridized carbons (Fsp3) is 0.143. The lowest BCUT2D eigenvalue weighted by molar-refractivity contribution is 0.373. The fourth-order valence-electron chi connectivity index (χ4n) is 4.93. The zero-order valence-electron chi connectivity index (χ0n) is 18.9. The summed E-state index contributed by atoms with van der Waals surface area (Å²) < 4.78 is 8.35. The van der Waals surface area contributed by atoms with E-state index in [1.165, 1.54) is 29.6 Å². The molecule has 1 unspecified atom stereocenters. The molecule has 35 heavy (non-hydrogen) atoms. The van der Waals surface area contributed by atoms with E-state index in [1.807, 2.05) is 34.9 Å². The van der Waals surface area contributed by atoms with E-state index >= 15 is 0 Å². The molecular formula is C28H21BrN2O3S. The van der Waals surface area contributed by atoms with Crippen molar-refractivity contribution in [3.05, 3.63) is 119 Å². The predicted molar refractivity (Wildman–Crippen MR) is 142 cm³/mol. The second-order valence-corrected chi connectivity index (χ2v) is 10.4. The van der Waals surface area contributed by atoms with E-state index in [0.29, 0.717) is 19.6 Å². The second-order valence-electron chi connectivity index (χ2n) is 8.57. The summed E-state index contributed by atoms with van der Waals surface area (Å²) in [6.45, 7) is 0. The lowest BCUT2D eigenvalue weighted by atomic mass is 9.83. The van der Waals surface area contributed by atoms with Crippen molar-refractivity contribution in [2.24, 2.45) is 4.99 Å². The van der Waals surface area contributed by atoms with Gasteiger partial charge in [-0.2, -0.15) is 0 Å². The van der Waals surface area contributed by atoms with Crippen LogP contribution in [0, 0.1) is 0 Å². The number of nitrogens with zero attached hydrogens (tertiary/aromatic N) is 2. The van der Waals surface area contributed by atoms with Crippen molar-refractivity contribution in [1.29, 1.82) is 0 Å². The molecule has 0 spiro atoms. The second kappa shape index (κ2) is 8.66. The van der Waals surface area contributed by atoms with Crippen LogP contribution in [-0.4, -0.2) is 16.8 Å². The highest BCUT2D eigenvalue weighted by atomic mass is 79.9. The van der Waals surface area contributed by atoms with Crippen molar-refractivity contribution in [3.8, 4) is 11.5 Å². The molecule has 4 aromatic rings. The monoisotopic (exact) mass is 544 g/mol. The van der Waals surface area contributed by atoms with Crippen molar-refractivity contribution in [3.63, 3.8) is 0 Å². The van der Waals surface area contributed by atoms with Crippen LogP contribution in [-0.2, 0) is 6.42 Å². The number of aryl methyl sites for hydroxylation is 1. The lowest BCUT2D eigenvalue weighted by Crippen LogP contribution is -2.38. The Hall–Kier alpha value is -3.42. The van der Waals surface area contributed by atoms with Crippen LogP contribution >= 0.6 is 27.3 Å². The highest BCUT2D eigenvalue weighted by Crippen LogP contribution is 2.41. The van der Waals surface area contributed by atoms with Crippen LogP contribution in [0.25, 0.3) is 11.8 Å². The van der Waals surface area contributed by atoms with Crippen LogP contribution in [0.2, 0.25) is 0 Å². The number of hydrogen-bond acceptors (Lipinski definition) is 5. The largest absolute Gasteiger partial charge is 0.504 e. The van der Waals surface area contributed by atoms with E-state index in [2.05, 4.69) is 46.3 Å². The maximum Gasteiger partial charge on any atom is 0.271 e. The Labute approximate surface area is 214 Å². The molecule has 1 atom stereocenters. The molecule has 7 heteroatoms. The molecule has 0 saturated heterocycles. The van der Waals surface area contributed by atoms with E-state index in [-0.39, 0.29) is 17.4 Å². The number of benzene rings is 3. The normalized spacial score (nSPS) is 16.9. The molecule has 0 fully saturated rings. The third-order valence-electron chi connectivity index (χ3n) is 6.57. The van der Waals surface area contributed by atoms with Crippen LogP contribution in [0.3, 0.4) is 0 Å². The molecule has 0 amide bonds.